The Bertz CT molecular complexity index is 880. The van der Waals surface area contributed by atoms with E-state index in [0.717, 1.165) is 16.8 Å². The molecule has 0 spiro atoms. The highest BCUT2D eigenvalue weighted by Gasteiger charge is 2.06. The van der Waals surface area contributed by atoms with Crippen molar-refractivity contribution in [2.24, 2.45) is 7.05 Å². The summed E-state index contributed by atoms with van der Waals surface area (Å²) in [6, 6.07) is 6.60. The van der Waals surface area contributed by atoms with Crippen molar-refractivity contribution >= 4 is 5.91 Å². The Morgan fingerprint density at radius 3 is 2.83 bits per heavy atom. The molecule has 1 amide bonds. The number of carbonyl (C=O) groups excluding carboxylic acids is 1. The normalized spacial score (nSPS) is 10.5. The van der Waals surface area contributed by atoms with Gasteiger partial charge in [-0.2, -0.15) is 5.10 Å². The third-order valence-electron chi connectivity index (χ3n) is 3.32. The number of amides is 1. The van der Waals surface area contributed by atoms with Crippen LogP contribution in [0.5, 0.6) is 0 Å². The Hall–Kier alpha value is -3.22. The molecule has 0 bridgehead atoms. The quantitative estimate of drug-likeness (QED) is 0.755. The van der Waals surface area contributed by atoms with Crippen molar-refractivity contribution in [2.75, 3.05) is 0 Å². The fraction of sp³-hybridized carbons (Fsp3) is 0.125. The van der Waals surface area contributed by atoms with E-state index in [1.807, 2.05) is 25.4 Å². The number of carbonyl (C=O) groups is 1. The highest BCUT2D eigenvalue weighted by Crippen LogP contribution is 2.15. The van der Waals surface area contributed by atoms with Crippen LogP contribution in [0.1, 0.15) is 15.9 Å². The Balaban J connectivity index is 1.65. The molecule has 3 heterocycles. The molecule has 3 aromatic rings. The van der Waals surface area contributed by atoms with Crippen molar-refractivity contribution in [3.8, 4) is 11.3 Å². The van der Waals surface area contributed by atoms with Crippen LogP contribution in [-0.2, 0) is 13.6 Å². The van der Waals surface area contributed by atoms with Gasteiger partial charge in [-0.3, -0.25) is 19.3 Å². The van der Waals surface area contributed by atoms with Crippen molar-refractivity contribution in [3.05, 3.63) is 70.5 Å². The third kappa shape index (κ3) is 3.52. The van der Waals surface area contributed by atoms with Gasteiger partial charge in [0.15, 0.2) is 0 Å². The molecule has 7 heteroatoms. The molecule has 23 heavy (non-hydrogen) atoms. The molecular weight excluding hydrogens is 294 g/mol. The summed E-state index contributed by atoms with van der Waals surface area (Å²) in [5, 5.41) is 6.86. The van der Waals surface area contributed by atoms with Crippen molar-refractivity contribution in [3.63, 3.8) is 0 Å². The molecule has 0 fully saturated rings. The highest BCUT2D eigenvalue weighted by atomic mass is 16.2. The molecule has 116 valence electrons. The van der Waals surface area contributed by atoms with Crippen LogP contribution in [0.25, 0.3) is 11.3 Å². The van der Waals surface area contributed by atoms with Crippen molar-refractivity contribution in [1.29, 1.82) is 0 Å². The van der Waals surface area contributed by atoms with E-state index in [-0.39, 0.29) is 11.5 Å². The van der Waals surface area contributed by atoms with Gasteiger partial charge in [-0.1, -0.05) is 6.07 Å². The van der Waals surface area contributed by atoms with E-state index in [2.05, 4.69) is 20.4 Å². The van der Waals surface area contributed by atoms with Gasteiger partial charge in [-0.15, -0.1) is 0 Å². The molecule has 2 N–H and O–H groups in total. The fourth-order valence-electron chi connectivity index (χ4n) is 2.12. The minimum Gasteiger partial charge on any atom is -0.348 e. The third-order valence-corrected chi connectivity index (χ3v) is 3.32. The molecule has 0 aliphatic heterocycles. The lowest BCUT2D eigenvalue weighted by molar-refractivity contribution is 0.0950. The highest BCUT2D eigenvalue weighted by molar-refractivity contribution is 5.93. The summed E-state index contributed by atoms with van der Waals surface area (Å²) in [6.45, 7) is 0.339. The Morgan fingerprint density at radius 1 is 1.30 bits per heavy atom. The molecule has 3 aromatic heterocycles. The second-order valence-corrected chi connectivity index (χ2v) is 5.08. The van der Waals surface area contributed by atoms with Crippen molar-refractivity contribution in [1.82, 2.24) is 25.1 Å². The van der Waals surface area contributed by atoms with Gasteiger partial charge in [0, 0.05) is 49.4 Å². The first-order chi connectivity index (χ1) is 11.1. The zero-order valence-corrected chi connectivity index (χ0v) is 12.5. The first-order valence-electron chi connectivity index (χ1n) is 7.03. The summed E-state index contributed by atoms with van der Waals surface area (Å²) in [5.74, 6) is -0.299. The maximum atomic E-state index is 12.0. The van der Waals surface area contributed by atoms with Crippen LogP contribution in [0.4, 0.5) is 0 Å². The second kappa shape index (κ2) is 6.27. The number of pyridine rings is 2. The predicted octanol–water partition coefficient (Wildman–Crippen LogP) is 1.10. The number of nitrogens with zero attached hydrogens (tertiary/aromatic N) is 3. The molecule has 0 unspecified atom stereocenters. The lowest BCUT2D eigenvalue weighted by Gasteiger charge is -2.05. The number of nitrogens with one attached hydrogen (secondary N) is 2. The van der Waals surface area contributed by atoms with Crippen molar-refractivity contribution < 1.29 is 4.79 Å². The predicted molar refractivity (Wildman–Crippen MR) is 84.7 cm³/mol. The summed E-state index contributed by atoms with van der Waals surface area (Å²) < 4.78 is 1.71. The smallest absolute Gasteiger partial charge is 0.251 e. The zero-order chi connectivity index (χ0) is 16.2. The maximum absolute atomic E-state index is 12.0. The molecule has 0 aliphatic carbocycles. The number of hydrogen-bond donors (Lipinski definition) is 2. The van der Waals surface area contributed by atoms with E-state index in [4.69, 9.17) is 0 Å². The molecule has 0 saturated carbocycles. The van der Waals surface area contributed by atoms with Gasteiger partial charge >= 0.3 is 0 Å². The van der Waals surface area contributed by atoms with Gasteiger partial charge < -0.3 is 10.3 Å². The number of aromatic nitrogens is 4. The number of H-pyrrole nitrogens is 1. The maximum Gasteiger partial charge on any atom is 0.251 e. The molecule has 0 aromatic carbocycles. The average molecular weight is 309 g/mol. The molecule has 7 nitrogen and oxygen atoms in total. The zero-order valence-electron chi connectivity index (χ0n) is 12.5. The Morgan fingerprint density at radius 2 is 2.17 bits per heavy atom. The topological polar surface area (TPSA) is 92.7 Å². The molecule has 0 atom stereocenters. The standard InChI is InChI=1S/C16H15N5O2/c1-21-10-13(9-20-21)14-3-2-11(7-18-14)8-19-16(23)12-4-5-17-15(22)6-12/h2-7,9-10H,8H2,1H3,(H,17,22)(H,19,23). The van der Waals surface area contributed by atoms with E-state index in [9.17, 15) is 9.59 Å². The van der Waals surface area contributed by atoms with Crippen LogP contribution in [0.15, 0.2) is 53.8 Å². The Labute approximate surface area is 132 Å². The van der Waals surface area contributed by atoms with Gasteiger partial charge in [-0.25, -0.2) is 0 Å². The van der Waals surface area contributed by atoms with Crippen LogP contribution in [0.2, 0.25) is 0 Å². The lowest BCUT2D eigenvalue weighted by Crippen LogP contribution is -2.24. The summed E-state index contributed by atoms with van der Waals surface area (Å²) in [7, 11) is 1.85. The monoisotopic (exact) mass is 309 g/mol. The summed E-state index contributed by atoms with van der Waals surface area (Å²) in [4.78, 5) is 30.0. The van der Waals surface area contributed by atoms with Crippen LogP contribution < -0.4 is 10.9 Å². The van der Waals surface area contributed by atoms with Crippen LogP contribution in [-0.4, -0.2) is 25.7 Å². The van der Waals surface area contributed by atoms with E-state index < -0.39 is 0 Å². The average Bonchev–Trinajstić information content (AvgIpc) is 2.99. The summed E-state index contributed by atoms with van der Waals surface area (Å²) in [5.41, 5.74) is 2.65. The number of hydrogen-bond acceptors (Lipinski definition) is 4. The van der Waals surface area contributed by atoms with Crippen LogP contribution >= 0.6 is 0 Å². The van der Waals surface area contributed by atoms with Crippen LogP contribution in [0, 0.1) is 0 Å². The molecule has 3 rings (SSSR count). The van der Waals surface area contributed by atoms with Gasteiger partial charge in [0.2, 0.25) is 5.56 Å². The minimum atomic E-state index is -0.305. The number of aromatic amines is 1. The molecule has 0 aliphatic rings. The molecule has 0 saturated heterocycles. The van der Waals surface area contributed by atoms with Gasteiger partial charge in [-0.05, 0) is 17.7 Å². The van der Waals surface area contributed by atoms with Crippen molar-refractivity contribution in [2.45, 2.75) is 6.54 Å². The lowest BCUT2D eigenvalue weighted by atomic mass is 10.2. The SMILES string of the molecule is Cn1cc(-c2ccc(CNC(=O)c3cc[nH]c(=O)c3)cn2)cn1. The first-order valence-corrected chi connectivity index (χ1v) is 7.03. The van der Waals surface area contributed by atoms with Gasteiger partial charge in [0.25, 0.3) is 5.91 Å². The number of rotatable bonds is 4. The van der Waals surface area contributed by atoms with E-state index >= 15 is 0 Å². The molecular formula is C16H15N5O2. The fourth-order valence-corrected chi connectivity index (χ4v) is 2.12. The van der Waals surface area contributed by atoms with E-state index in [1.165, 1.54) is 12.3 Å². The van der Waals surface area contributed by atoms with E-state index in [0.29, 0.717) is 12.1 Å². The van der Waals surface area contributed by atoms with Gasteiger partial charge in [0.05, 0.1) is 11.9 Å². The summed E-state index contributed by atoms with van der Waals surface area (Å²) >= 11 is 0. The molecule has 0 radical (unpaired) electrons. The Kier molecular flexibility index (Phi) is 4.01. The van der Waals surface area contributed by atoms with Gasteiger partial charge in [0.1, 0.15) is 0 Å². The second-order valence-electron chi connectivity index (χ2n) is 5.08. The largest absolute Gasteiger partial charge is 0.348 e. The van der Waals surface area contributed by atoms with E-state index in [1.54, 1.807) is 23.1 Å². The first kappa shape index (κ1) is 14.7. The number of aryl methyl sites for hydroxylation is 1. The van der Waals surface area contributed by atoms with Crippen LogP contribution in [0.3, 0.4) is 0 Å². The summed E-state index contributed by atoms with van der Waals surface area (Å²) in [6.07, 6.45) is 6.79. The minimum absolute atomic E-state index is 0.299.